The standard InChI is InChI=1S/C11H10ClN5O3/c1-6-5-14-11(16-13)15-10(6)20-9-7(12)3-2-4-8(9)17(18)19/h2-5H,13H2,1H3,(H,14,15,16). The zero-order valence-corrected chi connectivity index (χ0v) is 11.1. The molecule has 3 N–H and O–H groups in total. The first-order chi connectivity index (χ1) is 9.52. The zero-order chi connectivity index (χ0) is 14.7. The van der Waals surface area contributed by atoms with Gasteiger partial charge in [0.15, 0.2) is 0 Å². The van der Waals surface area contributed by atoms with Crippen molar-refractivity contribution in [1.82, 2.24) is 9.97 Å². The summed E-state index contributed by atoms with van der Waals surface area (Å²) in [6.45, 7) is 1.69. The first-order valence-electron chi connectivity index (χ1n) is 5.44. The van der Waals surface area contributed by atoms with Crippen molar-refractivity contribution in [3.05, 3.63) is 45.1 Å². The number of hydrogen-bond donors (Lipinski definition) is 2. The van der Waals surface area contributed by atoms with Crippen molar-refractivity contribution >= 4 is 23.2 Å². The quantitative estimate of drug-likeness (QED) is 0.505. The molecule has 2 rings (SSSR count). The van der Waals surface area contributed by atoms with Gasteiger partial charge in [-0.15, -0.1) is 0 Å². The van der Waals surface area contributed by atoms with Crippen LogP contribution in [0.3, 0.4) is 0 Å². The average Bonchev–Trinajstić information content (AvgIpc) is 2.43. The van der Waals surface area contributed by atoms with Gasteiger partial charge in [-0.1, -0.05) is 17.7 Å². The number of ether oxygens (including phenoxy) is 1. The van der Waals surface area contributed by atoms with Crippen LogP contribution in [0.2, 0.25) is 5.02 Å². The second-order valence-corrected chi connectivity index (χ2v) is 4.18. The molecule has 0 aliphatic rings. The highest BCUT2D eigenvalue weighted by molar-refractivity contribution is 6.32. The van der Waals surface area contributed by atoms with Crippen LogP contribution >= 0.6 is 11.6 Å². The topological polar surface area (TPSA) is 116 Å². The molecule has 0 fully saturated rings. The highest BCUT2D eigenvalue weighted by Gasteiger charge is 2.20. The number of benzene rings is 1. The maximum Gasteiger partial charge on any atom is 0.313 e. The van der Waals surface area contributed by atoms with Gasteiger partial charge in [0.1, 0.15) is 0 Å². The molecule has 2 aromatic rings. The van der Waals surface area contributed by atoms with Crippen molar-refractivity contribution in [2.45, 2.75) is 6.92 Å². The lowest BCUT2D eigenvalue weighted by molar-refractivity contribution is -0.385. The second-order valence-electron chi connectivity index (χ2n) is 3.77. The molecule has 1 aromatic carbocycles. The van der Waals surface area contributed by atoms with Crippen LogP contribution in [0.5, 0.6) is 11.6 Å². The molecule has 0 saturated carbocycles. The number of halogens is 1. The predicted molar refractivity (Wildman–Crippen MR) is 72.8 cm³/mol. The van der Waals surface area contributed by atoms with Crippen molar-refractivity contribution in [3.8, 4) is 11.6 Å². The Hall–Kier alpha value is -2.45. The van der Waals surface area contributed by atoms with Crippen LogP contribution in [-0.4, -0.2) is 14.9 Å². The van der Waals surface area contributed by atoms with Gasteiger partial charge in [-0.2, -0.15) is 4.98 Å². The third-order valence-electron chi connectivity index (χ3n) is 2.40. The number of nitrogens with two attached hydrogens (primary N) is 1. The Labute approximate surface area is 118 Å². The lowest BCUT2D eigenvalue weighted by Crippen LogP contribution is -2.11. The summed E-state index contributed by atoms with van der Waals surface area (Å²) < 4.78 is 5.45. The monoisotopic (exact) mass is 295 g/mol. The molecule has 9 heteroatoms. The number of hydrogen-bond acceptors (Lipinski definition) is 7. The number of hydrazine groups is 1. The lowest BCUT2D eigenvalue weighted by atomic mass is 10.3. The van der Waals surface area contributed by atoms with Crippen molar-refractivity contribution in [1.29, 1.82) is 0 Å². The average molecular weight is 296 g/mol. The summed E-state index contributed by atoms with van der Waals surface area (Å²) in [4.78, 5) is 18.3. The van der Waals surface area contributed by atoms with Crippen LogP contribution in [0.25, 0.3) is 0 Å². The predicted octanol–water partition coefficient (Wildman–Crippen LogP) is 2.42. The number of nitrogen functional groups attached to an aromatic ring is 1. The lowest BCUT2D eigenvalue weighted by Gasteiger charge is -2.10. The van der Waals surface area contributed by atoms with E-state index in [-0.39, 0.29) is 28.3 Å². The van der Waals surface area contributed by atoms with Gasteiger partial charge in [-0.25, -0.2) is 10.8 Å². The van der Waals surface area contributed by atoms with E-state index in [0.717, 1.165) is 0 Å². The Morgan fingerprint density at radius 1 is 1.50 bits per heavy atom. The van der Waals surface area contributed by atoms with Gasteiger partial charge in [0, 0.05) is 17.8 Å². The summed E-state index contributed by atoms with van der Waals surface area (Å²) in [5.74, 6) is 5.38. The fourth-order valence-corrected chi connectivity index (χ4v) is 1.65. The van der Waals surface area contributed by atoms with Crippen molar-refractivity contribution in [2.75, 3.05) is 5.43 Å². The third-order valence-corrected chi connectivity index (χ3v) is 2.69. The SMILES string of the molecule is Cc1cnc(NN)nc1Oc1c(Cl)cccc1[N+](=O)[O-]. The van der Waals surface area contributed by atoms with E-state index in [0.29, 0.717) is 5.56 Å². The number of para-hydroxylation sites is 1. The highest BCUT2D eigenvalue weighted by Crippen LogP contribution is 2.37. The smallest absolute Gasteiger partial charge is 0.313 e. The number of aryl methyl sites for hydroxylation is 1. The molecule has 1 heterocycles. The maximum absolute atomic E-state index is 11.0. The fraction of sp³-hybridized carbons (Fsp3) is 0.0909. The summed E-state index contributed by atoms with van der Waals surface area (Å²) in [7, 11) is 0. The van der Waals surface area contributed by atoms with Gasteiger partial charge >= 0.3 is 5.69 Å². The summed E-state index contributed by atoms with van der Waals surface area (Å²) in [5, 5.41) is 11.1. The van der Waals surface area contributed by atoms with Gasteiger partial charge in [-0.05, 0) is 13.0 Å². The normalized spacial score (nSPS) is 10.2. The van der Waals surface area contributed by atoms with Gasteiger partial charge in [0.25, 0.3) is 0 Å². The second kappa shape index (κ2) is 5.68. The van der Waals surface area contributed by atoms with Crippen LogP contribution in [0.1, 0.15) is 5.56 Å². The Morgan fingerprint density at radius 3 is 2.90 bits per heavy atom. The molecule has 0 aliphatic heterocycles. The fourth-order valence-electron chi connectivity index (χ4n) is 1.44. The summed E-state index contributed by atoms with van der Waals surface area (Å²) in [5.41, 5.74) is 2.59. The first-order valence-corrected chi connectivity index (χ1v) is 5.81. The molecule has 0 aliphatic carbocycles. The number of nitro groups is 1. The molecule has 0 spiro atoms. The highest BCUT2D eigenvalue weighted by atomic mass is 35.5. The maximum atomic E-state index is 11.0. The van der Waals surface area contributed by atoms with Gasteiger partial charge in [0.05, 0.1) is 9.95 Å². The van der Waals surface area contributed by atoms with Gasteiger partial charge in [-0.3, -0.25) is 15.5 Å². The largest absolute Gasteiger partial charge is 0.430 e. The summed E-state index contributed by atoms with van der Waals surface area (Å²) >= 11 is 5.94. The van der Waals surface area contributed by atoms with E-state index in [9.17, 15) is 10.1 Å². The van der Waals surface area contributed by atoms with Crippen LogP contribution in [0.4, 0.5) is 11.6 Å². The molecular formula is C11H10ClN5O3. The van der Waals surface area contributed by atoms with E-state index < -0.39 is 4.92 Å². The van der Waals surface area contributed by atoms with E-state index in [4.69, 9.17) is 22.2 Å². The molecule has 104 valence electrons. The Bertz CT molecular complexity index is 665. The van der Waals surface area contributed by atoms with E-state index in [1.165, 1.54) is 24.4 Å². The molecule has 1 aromatic heterocycles. The third kappa shape index (κ3) is 2.76. The number of anilines is 1. The van der Waals surface area contributed by atoms with E-state index >= 15 is 0 Å². The van der Waals surface area contributed by atoms with E-state index in [1.807, 2.05) is 0 Å². The summed E-state index contributed by atoms with van der Waals surface area (Å²) in [6, 6.07) is 4.25. The first kappa shape index (κ1) is 14.0. The minimum absolute atomic E-state index is 0.0797. The molecule has 0 unspecified atom stereocenters. The minimum atomic E-state index is -0.584. The molecule has 0 amide bonds. The number of aromatic nitrogens is 2. The number of nitrogens with zero attached hydrogens (tertiary/aromatic N) is 3. The number of rotatable bonds is 4. The number of nitrogens with one attached hydrogen (secondary N) is 1. The minimum Gasteiger partial charge on any atom is -0.430 e. The van der Waals surface area contributed by atoms with Crippen LogP contribution in [0, 0.1) is 17.0 Å². The van der Waals surface area contributed by atoms with Crippen LogP contribution in [-0.2, 0) is 0 Å². The Morgan fingerprint density at radius 2 is 2.25 bits per heavy atom. The molecule has 0 atom stereocenters. The van der Waals surface area contributed by atoms with Crippen LogP contribution < -0.4 is 16.0 Å². The molecule has 0 saturated heterocycles. The van der Waals surface area contributed by atoms with Gasteiger partial charge < -0.3 is 4.74 Å². The summed E-state index contributed by atoms with van der Waals surface area (Å²) in [6.07, 6.45) is 1.47. The van der Waals surface area contributed by atoms with Gasteiger partial charge in [0.2, 0.25) is 17.6 Å². The number of nitro benzene ring substituents is 1. The van der Waals surface area contributed by atoms with Crippen molar-refractivity contribution in [3.63, 3.8) is 0 Å². The zero-order valence-electron chi connectivity index (χ0n) is 10.3. The Kier molecular flexibility index (Phi) is 3.97. The molecule has 8 nitrogen and oxygen atoms in total. The molecular weight excluding hydrogens is 286 g/mol. The molecule has 20 heavy (non-hydrogen) atoms. The Balaban J connectivity index is 2.47. The van der Waals surface area contributed by atoms with Crippen molar-refractivity contribution < 1.29 is 9.66 Å². The van der Waals surface area contributed by atoms with E-state index in [1.54, 1.807) is 6.92 Å². The molecule has 0 radical (unpaired) electrons. The molecule has 0 bridgehead atoms. The van der Waals surface area contributed by atoms with Crippen LogP contribution in [0.15, 0.2) is 24.4 Å². The van der Waals surface area contributed by atoms with E-state index in [2.05, 4.69) is 15.4 Å². The van der Waals surface area contributed by atoms with Crippen molar-refractivity contribution in [2.24, 2.45) is 5.84 Å².